The average molecular weight is 540 g/mol. The second kappa shape index (κ2) is 9.98. The van der Waals surface area contributed by atoms with Crippen LogP contribution < -0.4 is 10.6 Å². The normalized spacial score (nSPS) is 26.6. The minimum atomic E-state index is -1.19. The number of ether oxygens (including phenoxy) is 1. The zero-order chi connectivity index (χ0) is 27.3. The van der Waals surface area contributed by atoms with E-state index in [0.29, 0.717) is 31.2 Å². The van der Waals surface area contributed by atoms with Crippen LogP contribution in [0.5, 0.6) is 0 Å². The number of imidazole rings is 1. The van der Waals surface area contributed by atoms with Gasteiger partial charge in [0.25, 0.3) is 0 Å². The molecule has 4 saturated carbocycles. The molecule has 2 heterocycles. The Labute approximate surface area is 233 Å². The Kier molecular flexibility index (Phi) is 6.28. The number of aromatic amines is 2. The third-order valence-corrected chi connectivity index (χ3v) is 9.57. The van der Waals surface area contributed by atoms with Crippen LogP contribution >= 0.6 is 0 Å². The molecular weight excluding hydrogens is 502 g/mol. The number of benzene rings is 2. The van der Waals surface area contributed by atoms with Crippen molar-refractivity contribution in [2.45, 2.75) is 63.5 Å². The Morgan fingerprint density at radius 3 is 2.42 bits per heavy atom. The van der Waals surface area contributed by atoms with Crippen molar-refractivity contribution in [3.05, 3.63) is 66.1 Å². The van der Waals surface area contributed by atoms with Crippen LogP contribution in [0.3, 0.4) is 0 Å². The molecule has 8 nitrogen and oxygen atoms in total. The summed E-state index contributed by atoms with van der Waals surface area (Å²) in [4.78, 5) is 38.4. The lowest BCUT2D eigenvalue weighted by Gasteiger charge is -2.53. The van der Waals surface area contributed by atoms with Gasteiger partial charge in [0.2, 0.25) is 5.91 Å². The second-order valence-corrected chi connectivity index (χ2v) is 12.5. The number of aromatic nitrogens is 3. The molecule has 2 aromatic carbocycles. The molecule has 2 aromatic heterocycles. The number of H-pyrrole nitrogens is 2. The topological polar surface area (TPSA) is 112 Å². The van der Waals surface area contributed by atoms with E-state index in [1.807, 2.05) is 54.7 Å². The molecule has 0 saturated heterocycles. The number of alkyl carbamates (subject to hydrolysis) is 1. The van der Waals surface area contributed by atoms with Gasteiger partial charge < -0.3 is 25.3 Å². The largest absolute Gasteiger partial charge is 0.446 e. The molecule has 4 aliphatic carbocycles. The number of rotatable bonds is 8. The molecule has 0 aliphatic heterocycles. The van der Waals surface area contributed by atoms with Crippen molar-refractivity contribution < 1.29 is 14.3 Å². The van der Waals surface area contributed by atoms with Gasteiger partial charge in [-0.3, -0.25) is 4.79 Å². The monoisotopic (exact) mass is 539 g/mol. The summed E-state index contributed by atoms with van der Waals surface area (Å²) in [7, 11) is 0. The van der Waals surface area contributed by atoms with Crippen molar-refractivity contribution in [3.63, 3.8) is 0 Å². The molecule has 4 bridgehead atoms. The van der Waals surface area contributed by atoms with E-state index in [2.05, 4.69) is 25.6 Å². The summed E-state index contributed by atoms with van der Waals surface area (Å²) in [5, 5.41) is 7.11. The van der Waals surface area contributed by atoms with Gasteiger partial charge in [-0.15, -0.1) is 0 Å². The molecule has 1 atom stereocenters. The molecule has 4 fully saturated rings. The summed E-state index contributed by atoms with van der Waals surface area (Å²) in [5.41, 5.74) is 2.66. The highest BCUT2D eigenvalue weighted by atomic mass is 16.6. The first-order chi connectivity index (χ1) is 19.4. The number of fused-ring (bicyclic) bond motifs is 2. The van der Waals surface area contributed by atoms with Crippen LogP contribution in [0.2, 0.25) is 0 Å². The van der Waals surface area contributed by atoms with E-state index in [1.54, 1.807) is 6.92 Å². The van der Waals surface area contributed by atoms with Crippen LogP contribution in [0.4, 0.5) is 4.79 Å². The van der Waals surface area contributed by atoms with Crippen molar-refractivity contribution >= 4 is 33.9 Å². The van der Waals surface area contributed by atoms with Crippen molar-refractivity contribution in [3.8, 4) is 0 Å². The van der Waals surface area contributed by atoms with E-state index < -0.39 is 11.6 Å². The molecule has 2 amide bonds. The highest BCUT2D eigenvalue weighted by Gasteiger charge is 2.50. The fraction of sp³-hybridized carbons (Fsp3) is 0.469. The maximum Gasteiger partial charge on any atom is 0.408 e. The van der Waals surface area contributed by atoms with E-state index in [-0.39, 0.29) is 12.0 Å². The third-order valence-electron chi connectivity index (χ3n) is 9.57. The van der Waals surface area contributed by atoms with Gasteiger partial charge >= 0.3 is 6.09 Å². The summed E-state index contributed by atoms with van der Waals surface area (Å²) in [6, 6.07) is 15.9. The van der Waals surface area contributed by atoms with Crippen LogP contribution in [-0.4, -0.2) is 45.1 Å². The Balaban J connectivity index is 1.06. The Morgan fingerprint density at radius 1 is 0.975 bits per heavy atom. The first-order valence-electron chi connectivity index (χ1n) is 14.7. The molecule has 0 radical (unpaired) electrons. The first kappa shape index (κ1) is 25.2. The number of hydrogen-bond donors (Lipinski definition) is 4. The molecule has 40 heavy (non-hydrogen) atoms. The molecule has 8 rings (SSSR count). The SMILES string of the molecule is CC(Cc1c[nH]c2ccccc12)(NC(=O)OC1C2CC3CC(C2)CC1C3)C(=O)NCCc1nc2ccccc2[nH]1. The minimum Gasteiger partial charge on any atom is -0.446 e. The summed E-state index contributed by atoms with van der Waals surface area (Å²) in [5.74, 6) is 3.09. The predicted octanol–water partition coefficient (Wildman–Crippen LogP) is 5.26. The van der Waals surface area contributed by atoms with E-state index in [0.717, 1.165) is 45.2 Å². The molecule has 208 valence electrons. The van der Waals surface area contributed by atoms with Crippen LogP contribution in [0.15, 0.2) is 54.7 Å². The number of carbonyl (C=O) groups is 2. The molecule has 1 unspecified atom stereocenters. The number of para-hydroxylation sites is 3. The Hall–Kier alpha value is -3.81. The third kappa shape index (κ3) is 4.73. The van der Waals surface area contributed by atoms with Gasteiger partial charge in [0.1, 0.15) is 17.5 Å². The molecule has 8 heteroatoms. The number of carbonyl (C=O) groups excluding carboxylic acids is 2. The van der Waals surface area contributed by atoms with E-state index >= 15 is 0 Å². The second-order valence-electron chi connectivity index (χ2n) is 12.5. The van der Waals surface area contributed by atoms with E-state index in [1.165, 1.54) is 32.1 Å². The Morgan fingerprint density at radius 2 is 1.68 bits per heavy atom. The van der Waals surface area contributed by atoms with Crippen LogP contribution in [0, 0.1) is 23.7 Å². The lowest BCUT2D eigenvalue weighted by molar-refractivity contribution is -0.127. The molecule has 4 aliphatic rings. The summed E-state index contributed by atoms with van der Waals surface area (Å²) < 4.78 is 6.13. The highest BCUT2D eigenvalue weighted by molar-refractivity contribution is 5.91. The number of nitrogens with one attached hydrogen (secondary N) is 4. The van der Waals surface area contributed by atoms with Gasteiger partial charge in [0, 0.05) is 36.5 Å². The van der Waals surface area contributed by atoms with Gasteiger partial charge in [-0.25, -0.2) is 9.78 Å². The lowest BCUT2D eigenvalue weighted by Crippen LogP contribution is -2.60. The number of nitrogens with zero attached hydrogens (tertiary/aromatic N) is 1. The molecule has 4 N–H and O–H groups in total. The van der Waals surface area contributed by atoms with Gasteiger partial charge in [0.05, 0.1) is 11.0 Å². The standard InChI is InChI=1S/C32H37N5O3/c1-32(17-23-18-34-25-7-3-2-6-24(23)25,30(38)33-11-10-28-35-26-8-4-5-9-27(26)36-28)37-31(39)40-29-21-13-19-12-20(15-21)16-22(29)14-19/h2-9,18-22,29,34H,10-17H2,1H3,(H,33,38)(H,35,36)(H,37,39). The predicted molar refractivity (Wildman–Crippen MR) is 154 cm³/mol. The first-order valence-corrected chi connectivity index (χ1v) is 14.7. The number of amides is 2. The van der Waals surface area contributed by atoms with Crippen molar-refractivity contribution in [2.75, 3.05) is 6.54 Å². The van der Waals surface area contributed by atoms with Crippen molar-refractivity contribution in [1.29, 1.82) is 0 Å². The summed E-state index contributed by atoms with van der Waals surface area (Å²) in [6.45, 7) is 2.19. The fourth-order valence-electron chi connectivity index (χ4n) is 7.90. The molecule has 0 spiro atoms. The molecular formula is C32H37N5O3. The van der Waals surface area contributed by atoms with Crippen LogP contribution in [0.25, 0.3) is 21.9 Å². The van der Waals surface area contributed by atoms with Crippen LogP contribution in [0.1, 0.15) is 50.4 Å². The van der Waals surface area contributed by atoms with E-state index in [9.17, 15) is 9.59 Å². The maximum absolute atomic E-state index is 13.7. The van der Waals surface area contributed by atoms with Crippen molar-refractivity contribution in [2.24, 2.45) is 23.7 Å². The van der Waals surface area contributed by atoms with Gasteiger partial charge in [-0.2, -0.15) is 0 Å². The average Bonchev–Trinajstić information content (AvgIpc) is 3.54. The van der Waals surface area contributed by atoms with Gasteiger partial charge in [0.15, 0.2) is 0 Å². The zero-order valence-electron chi connectivity index (χ0n) is 22.9. The molecule has 4 aromatic rings. The van der Waals surface area contributed by atoms with E-state index in [4.69, 9.17) is 4.74 Å². The number of hydrogen-bond acceptors (Lipinski definition) is 4. The summed E-state index contributed by atoms with van der Waals surface area (Å²) in [6.07, 6.45) is 8.30. The van der Waals surface area contributed by atoms with Gasteiger partial charge in [-0.05, 0) is 86.5 Å². The quantitative estimate of drug-likeness (QED) is 0.245. The minimum absolute atomic E-state index is 0.0405. The fourth-order valence-corrected chi connectivity index (χ4v) is 7.90. The zero-order valence-corrected chi connectivity index (χ0v) is 22.9. The van der Waals surface area contributed by atoms with Crippen molar-refractivity contribution in [1.82, 2.24) is 25.6 Å². The Bertz CT molecular complexity index is 1500. The summed E-state index contributed by atoms with van der Waals surface area (Å²) >= 11 is 0. The smallest absolute Gasteiger partial charge is 0.408 e. The lowest BCUT2D eigenvalue weighted by atomic mass is 9.55. The maximum atomic E-state index is 13.7. The highest BCUT2D eigenvalue weighted by Crippen LogP contribution is 2.54. The van der Waals surface area contributed by atoms with Gasteiger partial charge in [-0.1, -0.05) is 30.3 Å². The van der Waals surface area contributed by atoms with Crippen LogP contribution in [-0.2, 0) is 22.4 Å².